The number of carboxylic acid groups (broad SMARTS) is 1. The first kappa shape index (κ1) is 13.5. The van der Waals surface area contributed by atoms with E-state index < -0.39 is 11.8 Å². The van der Waals surface area contributed by atoms with E-state index in [0.717, 1.165) is 0 Å². The lowest BCUT2D eigenvalue weighted by Gasteiger charge is -2.07. The number of aromatic carboxylic acids is 1. The lowest BCUT2D eigenvalue weighted by Crippen LogP contribution is -2.09. The van der Waals surface area contributed by atoms with Gasteiger partial charge in [0.05, 0.1) is 12.2 Å². The molecular formula is C12H11ClFN3O2. The number of benzene rings is 1. The van der Waals surface area contributed by atoms with Gasteiger partial charge in [0.2, 0.25) is 0 Å². The smallest absolute Gasteiger partial charge is 0.358 e. The summed E-state index contributed by atoms with van der Waals surface area (Å²) in [6.07, 6.45) is 0.480. The van der Waals surface area contributed by atoms with Crippen LogP contribution in [-0.4, -0.2) is 26.1 Å². The fourth-order valence-electron chi connectivity index (χ4n) is 1.79. The summed E-state index contributed by atoms with van der Waals surface area (Å²) in [7, 11) is 0. The molecule has 0 atom stereocenters. The maximum absolute atomic E-state index is 12.9. The van der Waals surface area contributed by atoms with Gasteiger partial charge in [0.15, 0.2) is 5.69 Å². The average molecular weight is 284 g/mol. The van der Waals surface area contributed by atoms with E-state index in [1.165, 1.54) is 16.8 Å². The number of carboxylic acids is 1. The van der Waals surface area contributed by atoms with Gasteiger partial charge in [0.1, 0.15) is 5.82 Å². The number of hydrogen-bond acceptors (Lipinski definition) is 3. The molecule has 0 amide bonds. The lowest BCUT2D eigenvalue weighted by atomic mass is 10.2. The molecule has 1 aromatic heterocycles. The van der Waals surface area contributed by atoms with Crippen molar-refractivity contribution in [1.82, 2.24) is 15.0 Å². The molecule has 0 fully saturated rings. The minimum atomic E-state index is -1.12. The summed E-state index contributed by atoms with van der Waals surface area (Å²) in [5, 5.41) is 16.7. The van der Waals surface area contributed by atoms with Gasteiger partial charge in [-0.25, -0.2) is 13.9 Å². The number of hydrogen-bond donors (Lipinski definition) is 1. The van der Waals surface area contributed by atoms with E-state index in [4.69, 9.17) is 16.7 Å². The van der Waals surface area contributed by atoms with Crippen molar-refractivity contribution >= 4 is 17.6 Å². The number of halogens is 2. The Bertz CT molecular complexity index is 627. The second kappa shape index (κ2) is 5.36. The Morgan fingerprint density at radius 1 is 1.53 bits per heavy atom. The highest BCUT2D eigenvalue weighted by Gasteiger charge is 2.17. The minimum Gasteiger partial charge on any atom is -0.476 e. The maximum atomic E-state index is 12.9. The highest BCUT2D eigenvalue weighted by Crippen LogP contribution is 2.19. The van der Waals surface area contributed by atoms with E-state index in [1.54, 1.807) is 6.07 Å². The van der Waals surface area contributed by atoms with Gasteiger partial charge >= 0.3 is 5.97 Å². The van der Waals surface area contributed by atoms with Crippen LogP contribution in [0.1, 0.15) is 28.7 Å². The van der Waals surface area contributed by atoms with Crippen LogP contribution >= 0.6 is 11.6 Å². The van der Waals surface area contributed by atoms with Crippen LogP contribution in [0, 0.1) is 5.82 Å². The molecule has 2 rings (SSSR count). The van der Waals surface area contributed by atoms with E-state index in [2.05, 4.69) is 10.3 Å². The Morgan fingerprint density at radius 2 is 2.26 bits per heavy atom. The van der Waals surface area contributed by atoms with Crippen LogP contribution in [0.15, 0.2) is 18.2 Å². The molecule has 1 N–H and O–H groups in total. The van der Waals surface area contributed by atoms with Crippen LogP contribution in [0.2, 0.25) is 5.02 Å². The molecule has 5 nitrogen and oxygen atoms in total. The van der Waals surface area contributed by atoms with Gasteiger partial charge in [0.25, 0.3) is 0 Å². The van der Waals surface area contributed by atoms with Gasteiger partial charge in [-0.15, -0.1) is 5.10 Å². The van der Waals surface area contributed by atoms with Crippen molar-refractivity contribution in [2.45, 2.75) is 19.9 Å². The third kappa shape index (κ3) is 2.73. The second-order valence-corrected chi connectivity index (χ2v) is 4.34. The summed E-state index contributed by atoms with van der Waals surface area (Å²) in [5.41, 5.74) is 1.09. The summed E-state index contributed by atoms with van der Waals surface area (Å²) in [6, 6.07) is 4.04. The molecule has 1 heterocycles. The van der Waals surface area contributed by atoms with E-state index in [1.807, 2.05) is 6.92 Å². The van der Waals surface area contributed by atoms with Crippen molar-refractivity contribution in [3.63, 3.8) is 0 Å². The van der Waals surface area contributed by atoms with Gasteiger partial charge < -0.3 is 5.11 Å². The summed E-state index contributed by atoms with van der Waals surface area (Å²) < 4.78 is 14.4. The van der Waals surface area contributed by atoms with Crippen LogP contribution < -0.4 is 0 Å². The van der Waals surface area contributed by atoms with Crippen molar-refractivity contribution in [3.8, 4) is 0 Å². The fourth-order valence-corrected chi connectivity index (χ4v) is 2.01. The molecule has 100 valence electrons. The quantitative estimate of drug-likeness (QED) is 0.935. The monoisotopic (exact) mass is 283 g/mol. The third-order valence-corrected chi connectivity index (χ3v) is 3.06. The molecule has 0 radical (unpaired) electrons. The zero-order valence-electron chi connectivity index (χ0n) is 10.1. The lowest BCUT2D eigenvalue weighted by molar-refractivity contribution is 0.0689. The minimum absolute atomic E-state index is 0.0688. The average Bonchev–Trinajstić information content (AvgIpc) is 2.75. The van der Waals surface area contributed by atoms with Crippen LogP contribution in [0.25, 0.3) is 0 Å². The van der Waals surface area contributed by atoms with E-state index >= 15 is 0 Å². The topological polar surface area (TPSA) is 68.0 Å². The third-order valence-electron chi connectivity index (χ3n) is 2.71. The second-order valence-electron chi connectivity index (χ2n) is 3.94. The van der Waals surface area contributed by atoms with E-state index in [0.29, 0.717) is 17.7 Å². The highest BCUT2D eigenvalue weighted by molar-refractivity contribution is 6.31. The van der Waals surface area contributed by atoms with Crippen LogP contribution in [0.3, 0.4) is 0 Å². The number of rotatable bonds is 4. The molecule has 0 saturated carbocycles. The van der Waals surface area contributed by atoms with Crippen molar-refractivity contribution in [3.05, 3.63) is 46.0 Å². The first-order chi connectivity index (χ1) is 9.02. The molecule has 0 saturated heterocycles. The van der Waals surface area contributed by atoms with Crippen molar-refractivity contribution < 1.29 is 14.3 Å². The SMILES string of the molecule is CCc1c(C(=O)O)nnn1Cc1ccc(F)cc1Cl. The van der Waals surface area contributed by atoms with Crippen LogP contribution in [0.5, 0.6) is 0 Å². The van der Waals surface area contributed by atoms with Gasteiger partial charge in [-0.3, -0.25) is 0 Å². The number of nitrogens with zero attached hydrogens (tertiary/aromatic N) is 3. The first-order valence-electron chi connectivity index (χ1n) is 5.62. The van der Waals surface area contributed by atoms with Crippen LogP contribution in [0.4, 0.5) is 4.39 Å². The fraction of sp³-hybridized carbons (Fsp3) is 0.250. The Labute approximate surface area is 113 Å². The molecule has 1 aromatic carbocycles. The summed E-state index contributed by atoms with van der Waals surface area (Å²) in [6.45, 7) is 2.07. The predicted octanol–water partition coefficient (Wildman–Crippen LogP) is 2.38. The Hall–Kier alpha value is -1.95. The zero-order chi connectivity index (χ0) is 14.0. The van der Waals surface area contributed by atoms with Gasteiger partial charge in [-0.1, -0.05) is 29.8 Å². The molecule has 19 heavy (non-hydrogen) atoms. The zero-order valence-corrected chi connectivity index (χ0v) is 10.9. The van der Waals surface area contributed by atoms with Crippen molar-refractivity contribution in [2.24, 2.45) is 0 Å². The Kier molecular flexibility index (Phi) is 3.80. The number of aromatic nitrogens is 3. The largest absolute Gasteiger partial charge is 0.476 e. The van der Waals surface area contributed by atoms with E-state index in [-0.39, 0.29) is 17.3 Å². The molecule has 0 aliphatic carbocycles. The van der Waals surface area contributed by atoms with Crippen LogP contribution in [-0.2, 0) is 13.0 Å². The van der Waals surface area contributed by atoms with Crippen molar-refractivity contribution in [2.75, 3.05) is 0 Å². The molecule has 2 aromatic rings. The molecule has 0 bridgehead atoms. The molecule has 0 spiro atoms. The predicted molar refractivity (Wildman–Crippen MR) is 66.9 cm³/mol. The summed E-state index contributed by atoms with van der Waals surface area (Å²) >= 11 is 5.93. The molecule has 0 unspecified atom stereocenters. The van der Waals surface area contributed by atoms with Gasteiger partial charge in [-0.2, -0.15) is 0 Å². The Balaban J connectivity index is 2.35. The summed E-state index contributed by atoms with van der Waals surface area (Å²) in [5.74, 6) is -1.54. The van der Waals surface area contributed by atoms with E-state index in [9.17, 15) is 9.18 Å². The maximum Gasteiger partial charge on any atom is 0.358 e. The molecular weight excluding hydrogens is 273 g/mol. The van der Waals surface area contributed by atoms with Crippen molar-refractivity contribution in [1.29, 1.82) is 0 Å². The van der Waals surface area contributed by atoms with Gasteiger partial charge in [-0.05, 0) is 24.1 Å². The standard InChI is InChI=1S/C12H11ClFN3O2/c1-2-10-11(12(18)19)15-16-17(10)6-7-3-4-8(14)5-9(7)13/h3-5H,2,6H2,1H3,(H,18,19). The molecule has 0 aliphatic heterocycles. The normalized spacial score (nSPS) is 10.7. The Morgan fingerprint density at radius 3 is 2.84 bits per heavy atom. The van der Waals surface area contributed by atoms with Gasteiger partial charge in [0, 0.05) is 5.02 Å². The molecule has 0 aliphatic rings. The summed E-state index contributed by atoms with van der Waals surface area (Å²) in [4.78, 5) is 11.0. The molecule has 7 heteroatoms. The highest BCUT2D eigenvalue weighted by atomic mass is 35.5. The first-order valence-corrected chi connectivity index (χ1v) is 6.00. The number of carbonyl (C=O) groups is 1.